The molecule has 0 unspecified atom stereocenters. The van der Waals surface area contributed by atoms with Gasteiger partial charge in [-0.2, -0.15) is 0 Å². The zero-order valence-corrected chi connectivity index (χ0v) is 35.3. The van der Waals surface area contributed by atoms with Crippen molar-refractivity contribution in [2.75, 3.05) is 4.90 Å². The summed E-state index contributed by atoms with van der Waals surface area (Å²) in [5, 5.41) is 1.30. The molecule has 1 aromatic heterocycles. The average Bonchev–Trinajstić information content (AvgIpc) is 3.78. The first-order chi connectivity index (χ1) is 29.3. The number of aromatic amines is 1. The van der Waals surface area contributed by atoms with Crippen LogP contribution in [-0.2, 0) is 24.7 Å². The highest BCUT2D eigenvalue weighted by Gasteiger charge is 2.40. The Kier molecular flexibility index (Phi) is 9.52. The van der Waals surface area contributed by atoms with Gasteiger partial charge in [0.2, 0.25) is 0 Å². The maximum absolute atomic E-state index is 4.01. The van der Waals surface area contributed by atoms with Crippen LogP contribution in [0.25, 0.3) is 55.4 Å². The van der Waals surface area contributed by atoms with E-state index >= 15 is 0 Å². The van der Waals surface area contributed by atoms with Crippen molar-refractivity contribution in [3.05, 3.63) is 209 Å². The summed E-state index contributed by atoms with van der Waals surface area (Å²) in [6.07, 6.45) is 11.6. The summed E-state index contributed by atoms with van der Waals surface area (Å²) in [5.41, 5.74) is 24.3. The minimum atomic E-state index is -0.204. The summed E-state index contributed by atoms with van der Waals surface area (Å²) in [6.45, 7) is 13.3. The largest absolute Gasteiger partial charge is 0.357 e. The number of rotatable bonds is 10. The normalized spacial score (nSPS) is 13.5. The molecule has 0 atom stereocenters. The number of benzene rings is 7. The van der Waals surface area contributed by atoms with E-state index in [0.717, 1.165) is 37.8 Å². The molecule has 2 aliphatic rings. The fraction of sp³-hybridized carbons (Fsp3) is 0.172. The Hall–Kier alpha value is -6.64. The molecule has 1 heterocycles. The van der Waals surface area contributed by atoms with Crippen LogP contribution < -0.4 is 4.90 Å². The molecule has 0 saturated heterocycles. The molecule has 0 bridgehead atoms. The first-order valence-electron chi connectivity index (χ1n) is 21.6. The van der Waals surface area contributed by atoms with Crippen LogP contribution in [0.15, 0.2) is 170 Å². The van der Waals surface area contributed by atoms with Gasteiger partial charge >= 0.3 is 0 Å². The van der Waals surface area contributed by atoms with Gasteiger partial charge in [0.1, 0.15) is 0 Å². The monoisotopic (exact) mass is 776 g/mol. The minimum absolute atomic E-state index is 0.204. The van der Waals surface area contributed by atoms with Crippen LogP contribution in [-0.4, -0.2) is 4.98 Å². The average molecular weight is 777 g/mol. The summed E-state index contributed by atoms with van der Waals surface area (Å²) < 4.78 is 0. The quantitative estimate of drug-likeness (QED) is 0.108. The van der Waals surface area contributed by atoms with Crippen molar-refractivity contribution >= 4 is 28.0 Å². The van der Waals surface area contributed by atoms with Crippen LogP contribution in [0, 0.1) is 13.8 Å². The molecule has 60 heavy (non-hydrogen) atoms. The Bertz CT molecular complexity index is 2960. The third-order valence-electron chi connectivity index (χ3n) is 13.3. The summed E-state index contributed by atoms with van der Waals surface area (Å²) in [7, 11) is 0. The molecule has 2 heteroatoms. The third-order valence-corrected chi connectivity index (χ3v) is 13.3. The molecule has 2 aliphatic carbocycles. The highest BCUT2D eigenvalue weighted by Crippen LogP contribution is 2.58. The van der Waals surface area contributed by atoms with Gasteiger partial charge in [0, 0.05) is 44.6 Å². The van der Waals surface area contributed by atoms with E-state index in [1.807, 2.05) is 6.08 Å². The van der Waals surface area contributed by atoms with Gasteiger partial charge in [0.15, 0.2) is 0 Å². The number of aromatic nitrogens is 1. The predicted molar refractivity (Wildman–Crippen MR) is 256 cm³/mol. The number of nitrogens with one attached hydrogen (secondary N) is 1. The van der Waals surface area contributed by atoms with E-state index in [2.05, 4.69) is 202 Å². The Morgan fingerprint density at radius 2 is 1.38 bits per heavy atom. The van der Waals surface area contributed by atoms with Gasteiger partial charge in [-0.15, -0.1) is 6.58 Å². The lowest BCUT2D eigenvalue weighted by atomic mass is 9.80. The van der Waals surface area contributed by atoms with Crippen molar-refractivity contribution in [3.8, 4) is 44.5 Å². The number of aryl methyl sites for hydroxylation is 3. The Balaban J connectivity index is 1.22. The highest BCUT2D eigenvalue weighted by atomic mass is 15.2. The fourth-order valence-electron chi connectivity index (χ4n) is 10.2. The van der Waals surface area contributed by atoms with E-state index < -0.39 is 0 Å². The number of para-hydroxylation sites is 1. The first-order valence-corrected chi connectivity index (χ1v) is 21.6. The number of fused-ring (bicyclic) bond motifs is 8. The van der Waals surface area contributed by atoms with E-state index in [9.17, 15) is 0 Å². The van der Waals surface area contributed by atoms with Crippen LogP contribution in [0.4, 0.5) is 17.1 Å². The molecular formula is C58H52N2. The van der Waals surface area contributed by atoms with Gasteiger partial charge in [-0.05, 0) is 137 Å². The second-order valence-corrected chi connectivity index (χ2v) is 17.3. The number of unbranched alkanes of at least 4 members (excludes halogenated alkanes) is 1. The maximum atomic E-state index is 4.01. The second kappa shape index (κ2) is 15.2. The van der Waals surface area contributed by atoms with Crippen molar-refractivity contribution in [2.45, 2.75) is 65.2 Å². The summed E-state index contributed by atoms with van der Waals surface area (Å²) >= 11 is 0. The molecule has 7 aromatic carbocycles. The van der Waals surface area contributed by atoms with Gasteiger partial charge in [-0.25, -0.2) is 0 Å². The van der Waals surface area contributed by atoms with Crippen molar-refractivity contribution in [3.63, 3.8) is 0 Å². The SMILES string of the molecule is C=CCC/C=C\Cc1ccc(N(c2ccc(-c3ccccc3)cc2C)c2c(C)c(-c3cccc4c5c([nH]c34)CCc3ccccc3-5)cc3c2-c2ccccc2C3(C)C)cc1. The zero-order valence-electron chi connectivity index (χ0n) is 35.3. The van der Waals surface area contributed by atoms with Crippen LogP contribution in [0.1, 0.15) is 65.8 Å². The van der Waals surface area contributed by atoms with E-state index in [4.69, 9.17) is 0 Å². The molecule has 294 valence electrons. The van der Waals surface area contributed by atoms with Crippen molar-refractivity contribution in [2.24, 2.45) is 0 Å². The molecule has 0 spiro atoms. The van der Waals surface area contributed by atoms with Crippen molar-refractivity contribution in [1.29, 1.82) is 0 Å². The number of anilines is 3. The molecule has 2 nitrogen and oxygen atoms in total. The Labute approximate surface area is 355 Å². The molecule has 0 saturated carbocycles. The second-order valence-electron chi connectivity index (χ2n) is 17.3. The number of hydrogen-bond donors (Lipinski definition) is 1. The number of nitrogens with zero attached hydrogens (tertiary/aromatic N) is 1. The van der Waals surface area contributed by atoms with E-state index in [1.165, 1.54) is 106 Å². The standard InChI is InChI=1S/C58H52N2/c1-6-7-8-9-11-19-40-28-32-44(33-29-40)60(53-35-31-43(36-38(53)2)41-20-12-10-13-21-41)57-39(3)49(37-51-55(57)47-24-16-17-27-50(47)58(51,4)5)46-25-18-26-48-54-45-23-15-14-22-42(45)30-34-52(54)59-56(46)48/h6,9-18,20-29,31-33,35-37,59H,1,7-8,19,30,34H2,2-5H3/b11-9-. The van der Waals surface area contributed by atoms with E-state index in [1.54, 1.807) is 0 Å². The van der Waals surface area contributed by atoms with Gasteiger partial charge < -0.3 is 9.88 Å². The zero-order chi connectivity index (χ0) is 41.0. The molecule has 0 aliphatic heterocycles. The summed E-state index contributed by atoms with van der Waals surface area (Å²) in [4.78, 5) is 6.58. The van der Waals surface area contributed by atoms with E-state index in [0.29, 0.717) is 0 Å². The minimum Gasteiger partial charge on any atom is -0.357 e. The van der Waals surface area contributed by atoms with Gasteiger partial charge in [-0.1, -0.05) is 147 Å². The lowest BCUT2D eigenvalue weighted by molar-refractivity contribution is 0.660. The molecule has 0 radical (unpaired) electrons. The topological polar surface area (TPSA) is 19.0 Å². The smallest absolute Gasteiger partial charge is 0.0578 e. The molecule has 1 N–H and O–H groups in total. The lowest BCUT2D eigenvalue weighted by Crippen LogP contribution is -2.18. The number of H-pyrrole nitrogens is 1. The van der Waals surface area contributed by atoms with Crippen molar-refractivity contribution in [1.82, 2.24) is 4.98 Å². The van der Waals surface area contributed by atoms with Crippen molar-refractivity contribution < 1.29 is 0 Å². The lowest BCUT2D eigenvalue weighted by Gasteiger charge is -2.33. The molecule has 0 amide bonds. The molecule has 8 aromatic rings. The highest BCUT2D eigenvalue weighted by molar-refractivity contribution is 6.08. The molecule has 0 fully saturated rings. The number of hydrogen-bond acceptors (Lipinski definition) is 1. The van der Waals surface area contributed by atoms with E-state index in [-0.39, 0.29) is 5.41 Å². The fourth-order valence-corrected chi connectivity index (χ4v) is 10.2. The van der Waals surface area contributed by atoms with Crippen LogP contribution in [0.2, 0.25) is 0 Å². The maximum Gasteiger partial charge on any atom is 0.0578 e. The van der Waals surface area contributed by atoms with Gasteiger partial charge in [0.25, 0.3) is 0 Å². The van der Waals surface area contributed by atoms with Gasteiger partial charge in [0.05, 0.1) is 11.2 Å². The summed E-state index contributed by atoms with van der Waals surface area (Å²) in [6, 6.07) is 54.6. The summed E-state index contributed by atoms with van der Waals surface area (Å²) in [5.74, 6) is 0. The Morgan fingerprint density at radius 3 is 2.18 bits per heavy atom. The van der Waals surface area contributed by atoms with Crippen LogP contribution in [0.3, 0.4) is 0 Å². The molecule has 10 rings (SSSR count). The predicted octanol–water partition coefficient (Wildman–Crippen LogP) is 15.7. The first kappa shape index (κ1) is 37.6. The Morgan fingerprint density at radius 1 is 0.633 bits per heavy atom. The van der Waals surface area contributed by atoms with Crippen LogP contribution in [0.5, 0.6) is 0 Å². The third kappa shape index (κ3) is 6.25. The molecular weight excluding hydrogens is 725 g/mol. The number of allylic oxidation sites excluding steroid dienone is 3. The van der Waals surface area contributed by atoms with Crippen LogP contribution >= 0.6 is 0 Å². The van der Waals surface area contributed by atoms with Gasteiger partial charge in [-0.3, -0.25) is 0 Å².